The molecule has 0 saturated heterocycles. The average molecular weight is 419 g/mol. The van der Waals surface area contributed by atoms with Gasteiger partial charge >= 0.3 is 0 Å². The maximum Gasteiger partial charge on any atom is 0.287 e. The van der Waals surface area contributed by atoms with Gasteiger partial charge < -0.3 is 5.11 Å². The van der Waals surface area contributed by atoms with Gasteiger partial charge in [-0.15, -0.1) is 0 Å². The van der Waals surface area contributed by atoms with Crippen LogP contribution in [-0.4, -0.2) is 21.2 Å². The predicted octanol–water partition coefficient (Wildman–Crippen LogP) is 3.40. The van der Waals surface area contributed by atoms with Crippen molar-refractivity contribution >= 4 is 51.9 Å². The lowest BCUT2D eigenvalue weighted by atomic mass is 10.2. The number of hydrogen-bond donors (Lipinski definition) is 2. The van der Waals surface area contributed by atoms with Crippen LogP contribution in [0.5, 0.6) is 5.75 Å². The number of anilines is 1. The van der Waals surface area contributed by atoms with Crippen molar-refractivity contribution in [2.45, 2.75) is 0 Å². The minimum Gasteiger partial charge on any atom is -0.506 e. The number of nitrogens with zero attached hydrogens (tertiary/aromatic N) is 3. The van der Waals surface area contributed by atoms with Crippen molar-refractivity contribution in [1.29, 1.82) is 0 Å². The summed E-state index contributed by atoms with van der Waals surface area (Å²) in [4.78, 5) is 13.8. The van der Waals surface area contributed by atoms with Gasteiger partial charge in [-0.2, -0.15) is 5.10 Å². The summed E-state index contributed by atoms with van der Waals surface area (Å²) >= 11 is 7.85. The molecule has 7 nitrogen and oxygen atoms in total. The number of aromatic hydroxyl groups is 1. The summed E-state index contributed by atoms with van der Waals surface area (Å²) in [7, 11) is 0. The van der Waals surface area contributed by atoms with Crippen LogP contribution < -0.4 is 5.43 Å². The van der Waals surface area contributed by atoms with E-state index in [-0.39, 0.29) is 11.4 Å². The van der Waals surface area contributed by atoms with Gasteiger partial charge in [0.1, 0.15) is 17.8 Å². The van der Waals surface area contributed by atoms with Crippen LogP contribution in [0.2, 0.25) is 5.02 Å². The zero-order valence-electron chi connectivity index (χ0n) is 10.3. The van der Waals surface area contributed by atoms with E-state index in [1.165, 1.54) is 18.3 Å². The first kappa shape index (κ1) is 15.4. The lowest BCUT2D eigenvalue weighted by Crippen LogP contribution is -1.95. The van der Waals surface area contributed by atoms with Gasteiger partial charge in [0.25, 0.3) is 5.69 Å². The van der Waals surface area contributed by atoms with Gasteiger partial charge in [0, 0.05) is 16.7 Å². The Morgan fingerprint density at radius 2 is 2.24 bits per heavy atom. The monoisotopic (exact) mass is 418 g/mol. The maximum atomic E-state index is 10.5. The average Bonchev–Trinajstić information content (AvgIpc) is 2.44. The van der Waals surface area contributed by atoms with Crippen molar-refractivity contribution in [2.75, 3.05) is 5.43 Å². The summed E-state index contributed by atoms with van der Waals surface area (Å²) in [5.74, 6) is 0.412. The molecule has 1 heterocycles. The molecule has 1 aromatic heterocycles. The van der Waals surface area contributed by atoms with Gasteiger partial charge in [-0.3, -0.25) is 15.5 Å². The Morgan fingerprint density at radius 3 is 2.86 bits per heavy atom. The third-order valence-electron chi connectivity index (χ3n) is 2.40. The summed E-state index contributed by atoms with van der Waals surface area (Å²) < 4.78 is 0.606. The fourth-order valence-corrected chi connectivity index (χ4v) is 2.47. The van der Waals surface area contributed by atoms with Crippen LogP contribution in [0.25, 0.3) is 0 Å². The van der Waals surface area contributed by atoms with Gasteiger partial charge in [-0.25, -0.2) is 4.98 Å². The van der Waals surface area contributed by atoms with Crippen molar-refractivity contribution in [3.63, 3.8) is 0 Å². The molecule has 0 spiro atoms. The Balaban J connectivity index is 2.10. The Bertz CT molecular complexity index is 706. The van der Waals surface area contributed by atoms with Crippen molar-refractivity contribution < 1.29 is 10.0 Å². The molecule has 0 amide bonds. The second-order valence-corrected chi connectivity index (χ2v) is 5.45. The molecule has 2 N–H and O–H groups in total. The first-order valence-electron chi connectivity index (χ1n) is 5.55. The predicted molar refractivity (Wildman–Crippen MR) is 87.9 cm³/mol. The molecule has 0 unspecified atom stereocenters. The quantitative estimate of drug-likeness (QED) is 0.343. The van der Waals surface area contributed by atoms with E-state index in [0.717, 1.165) is 6.20 Å². The maximum absolute atomic E-state index is 10.5. The number of phenols is 1. The van der Waals surface area contributed by atoms with E-state index >= 15 is 0 Å². The molecule has 0 fully saturated rings. The van der Waals surface area contributed by atoms with Crippen molar-refractivity contribution in [2.24, 2.45) is 5.10 Å². The minimum atomic E-state index is -0.536. The van der Waals surface area contributed by atoms with Crippen LogP contribution in [-0.2, 0) is 0 Å². The largest absolute Gasteiger partial charge is 0.506 e. The van der Waals surface area contributed by atoms with E-state index in [0.29, 0.717) is 20.0 Å². The van der Waals surface area contributed by atoms with Crippen LogP contribution in [0.15, 0.2) is 35.6 Å². The normalized spacial score (nSPS) is 10.8. The number of hydrazone groups is 1. The summed E-state index contributed by atoms with van der Waals surface area (Å²) in [6.07, 6.45) is 2.50. The van der Waals surface area contributed by atoms with Gasteiger partial charge in [-0.1, -0.05) is 11.6 Å². The number of hydrogen-bond acceptors (Lipinski definition) is 6. The van der Waals surface area contributed by atoms with Crippen LogP contribution in [0, 0.1) is 13.7 Å². The van der Waals surface area contributed by atoms with E-state index in [9.17, 15) is 15.2 Å². The molecule has 2 rings (SSSR count). The number of halogens is 2. The van der Waals surface area contributed by atoms with Gasteiger partial charge in [0.15, 0.2) is 0 Å². The Morgan fingerprint density at radius 1 is 1.48 bits per heavy atom. The molecular formula is C12H8ClIN4O3. The fourth-order valence-electron chi connectivity index (χ4n) is 1.41. The second kappa shape index (κ2) is 6.68. The summed E-state index contributed by atoms with van der Waals surface area (Å²) in [5.41, 5.74) is 2.95. The molecular weight excluding hydrogens is 411 g/mol. The zero-order valence-corrected chi connectivity index (χ0v) is 13.2. The van der Waals surface area contributed by atoms with Crippen molar-refractivity contribution in [1.82, 2.24) is 4.98 Å². The second-order valence-electron chi connectivity index (χ2n) is 3.85. The summed E-state index contributed by atoms with van der Waals surface area (Å²) in [6.45, 7) is 0. The Hall–Kier alpha value is -1.94. The topological polar surface area (TPSA) is 101 Å². The summed E-state index contributed by atoms with van der Waals surface area (Å²) in [6, 6.07) is 5.93. The van der Waals surface area contributed by atoms with Crippen molar-refractivity contribution in [3.05, 3.63) is 54.7 Å². The highest BCUT2D eigenvalue weighted by Gasteiger charge is 2.06. The summed E-state index contributed by atoms with van der Waals surface area (Å²) in [5, 5.41) is 24.7. The highest BCUT2D eigenvalue weighted by atomic mass is 127. The third kappa shape index (κ3) is 4.02. The molecule has 0 aliphatic heterocycles. The van der Waals surface area contributed by atoms with Crippen LogP contribution in [0.3, 0.4) is 0 Å². The van der Waals surface area contributed by atoms with Crippen LogP contribution >= 0.6 is 34.2 Å². The van der Waals surface area contributed by atoms with E-state index < -0.39 is 4.92 Å². The number of benzene rings is 1. The van der Waals surface area contributed by atoms with E-state index in [2.05, 4.69) is 15.5 Å². The third-order valence-corrected chi connectivity index (χ3v) is 3.44. The molecule has 0 radical (unpaired) electrons. The van der Waals surface area contributed by atoms with E-state index in [1.807, 2.05) is 22.6 Å². The number of rotatable bonds is 4. The molecule has 1 aromatic carbocycles. The van der Waals surface area contributed by atoms with Gasteiger partial charge in [-0.05, 0) is 40.8 Å². The number of nitrogens with one attached hydrogen (secondary N) is 1. The van der Waals surface area contributed by atoms with Gasteiger partial charge in [0.05, 0.1) is 14.7 Å². The molecule has 0 saturated carbocycles. The lowest BCUT2D eigenvalue weighted by Gasteiger charge is -2.03. The van der Waals surface area contributed by atoms with Gasteiger partial charge in [0.2, 0.25) is 0 Å². The van der Waals surface area contributed by atoms with E-state index in [1.54, 1.807) is 12.1 Å². The zero-order chi connectivity index (χ0) is 15.4. The number of pyridine rings is 1. The fraction of sp³-hybridized carbons (Fsp3) is 0. The number of phenolic OH excluding ortho intramolecular Hbond substituents is 1. The first-order chi connectivity index (χ1) is 9.97. The highest BCUT2D eigenvalue weighted by Crippen LogP contribution is 2.27. The molecule has 0 aliphatic rings. The first-order valence-corrected chi connectivity index (χ1v) is 7.00. The highest BCUT2D eigenvalue weighted by molar-refractivity contribution is 14.1. The molecule has 0 atom stereocenters. The number of nitro groups is 1. The lowest BCUT2D eigenvalue weighted by molar-refractivity contribution is -0.385. The standard InChI is InChI=1S/C12H8ClIN4O3/c13-8-3-7(12(19)10(14)4-8)5-16-17-11-2-1-9(6-15-11)18(20)21/h1-6,19H,(H,15,17)/b16-5+. The molecule has 0 aliphatic carbocycles. The molecule has 108 valence electrons. The number of aromatic nitrogens is 1. The molecule has 21 heavy (non-hydrogen) atoms. The van der Waals surface area contributed by atoms with Crippen LogP contribution in [0.4, 0.5) is 11.5 Å². The smallest absolute Gasteiger partial charge is 0.287 e. The van der Waals surface area contributed by atoms with E-state index in [4.69, 9.17) is 11.6 Å². The Kier molecular flexibility index (Phi) is 4.91. The van der Waals surface area contributed by atoms with Crippen molar-refractivity contribution in [3.8, 4) is 5.75 Å². The SMILES string of the molecule is O=[N+]([O-])c1ccc(N/N=C/c2cc(Cl)cc(I)c2O)nc1. The molecule has 0 bridgehead atoms. The Labute approximate surface area is 138 Å². The molecule has 2 aromatic rings. The van der Waals surface area contributed by atoms with Crippen LogP contribution in [0.1, 0.15) is 5.56 Å². The minimum absolute atomic E-state index is 0.0715. The molecule has 9 heteroatoms.